The Morgan fingerprint density at radius 2 is 1.59 bits per heavy atom. The highest BCUT2D eigenvalue weighted by atomic mass is 35.5. The molecular formula is C24H23ClFN3OS2. The Kier molecular flexibility index (Phi) is 8.90. The number of thiocarbonyl (C=S) groups is 1. The minimum Gasteiger partial charge on any atom is -0.332 e. The quantitative estimate of drug-likeness (QED) is 0.175. The number of hydrogen-bond acceptors (Lipinski definition) is 3. The van der Waals surface area contributed by atoms with Crippen LogP contribution in [-0.2, 0) is 0 Å². The average molecular weight is 488 g/mol. The molecule has 0 saturated heterocycles. The van der Waals surface area contributed by atoms with Crippen molar-refractivity contribution in [2.45, 2.75) is 24.7 Å². The first-order chi connectivity index (χ1) is 15.5. The molecule has 0 aliphatic heterocycles. The second-order valence-electron chi connectivity index (χ2n) is 6.94. The molecule has 3 aromatic rings. The fourth-order valence-electron chi connectivity index (χ4n) is 2.80. The molecule has 0 unspecified atom stereocenters. The smallest absolute Gasteiger partial charge is 0.258 e. The van der Waals surface area contributed by atoms with Crippen LogP contribution in [-0.4, -0.2) is 16.8 Å². The van der Waals surface area contributed by atoms with Crippen molar-refractivity contribution >= 4 is 63.7 Å². The number of rotatable bonds is 8. The van der Waals surface area contributed by atoms with Crippen LogP contribution in [0.4, 0.5) is 21.5 Å². The molecule has 0 fully saturated rings. The molecule has 0 aromatic heterocycles. The highest BCUT2D eigenvalue weighted by Crippen LogP contribution is 2.30. The van der Waals surface area contributed by atoms with Gasteiger partial charge in [0.25, 0.3) is 5.91 Å². The zero-order valence-corrected chi connectivity index (χ0v) is 19.8. The first-order valence-corrected chi connectivity index (χ1v) is 11.9. The maximum atomic E-state index is 13.7. The minimum atomic E-state index is -0.563. The highest BCUT2D eigenvalue weighted by molar-refractivity contribution is 7.99. The van der Waals surface area contributed by atoms with Crippen LogP contribution in [0.1, 0.15) is 30.1 Å². The van der Waals surface area contributed by atoms with Crippen LogP contribution in [0.25, 0.3) is 0 Å². The van der Waals surface area contributed by atoms with Crippen molar-refractivity contribution in [1.82, 2.24) is 0 Å². The lowest BCUT2D eigenvalue weighted by Gasteiger charge is -2.13. The van der Waals surface area contributed by atoms with E-state index in [1.165, 1.54) is 12.1 Å². The molecule has 4 nitrogen and oxygen atoms in total. The molecular weight excluding hydrogens is 465 g/mol. The van der Waals surface area contributed by atoms with Gasteiger partial charge >= 0.3 is 0 Å². The second-order valence-corrected chi connectivity index (χ2v) is 8.89. The largest absolute Gasteiger partial charge is 0.332 e. The Morgan fingerprint density at radius 3 is 2.25 bits per heavy atom. The zero-order chi connectivity index (χ0) is 22.9. The Balaban J connectivity index is 1.54. The summed E-state index contributed by atoms with van der Waals surface area (Å²) in [6.07, 6.45) is 2.31. The van der Waals surface area contributed by atoms with E-state index in [0.29, 0.717) is 15.8 Å². The molecule has 0 bridgehead atoms. The summed E-state index contributed by atoms with van der Waals surface area (Å²) in [6, 6.07) is 18.6. The molecule has 3 aromatic carbocycles. The summed E-state index contributed by atoms with van der Waals surface area (Å²) in [5.74, 6) is -0.0266. The third-order valence-electron chi connectivity index (χ3n) is 4.46. The van der Waals surface area contributed by atoms with Gasteiger partial charge in [-0.05, 0) is 79.0 Å². The first-order valence-electron chi connectivity index (χ1n) is 10.1. The van der Waals surface area contributed by atoms with Gasteiger partial charge in [-0.25, -0.2) is 4.39 Å². The zero-order valence-electron chi connectivity index (χ0n) is 17.5. The SMILES string of the molecule is CCCCSc1ccc(NC(=S)Nc2ccc(NC(=O)c3ccccc3F)cc2)cc1Cl. The van der Waals surface area contributed by atoms with Gasteiger partial charge in [0.1, 0.15) is 5.82 Å². The van der Waals surface area contributed by atoms with Crippen LogP contribution < -0.4 is 16.0 Å². The Hall–Kier alpha value is -2.61. The number of unbranched alkanes of at least 4 members (excludes halogenated alkanes) is 1. The number of carbonyl (C=O) groups excluding carboxylic acids is 1. The molecule has 1 amide bonds. The van der Waals surface area contributed by atoms with Crippen molar-refractivity contribution in [3.8, 4) is 0 Å². The van der Waals surface area contributed by atoms with Crippen LogP contribution >= 0.6 is 35.6 Å². The summed E-state index contributed by atoms with van der Waals surface area (Å²) in [4.78, 5) is 13.3. The van der Waals surface area contributed by atoms with E-state index >= 15 is 0 Å². The van der Waals surface area contributed by atoms with Gasteiger partial charge < -0.3 is 16.0 Å². The Labute approximate surface area is 201 Å². The van der Waals surface area contributed by atoms with Crippen molar-refractivity contribution in [2.24, 2.45) is 0 Å². The van der Waals surface area contributed by atoms with Crippen molar-refractivity contribution < 1.29 is 9.18 Å². The predicted molar refractivity (Wildman–Crippen MR) is 138 cm³/mol. The molecule has 3 rings (SSSR count). The van der Waals surface area contributed by atoms with Gasteiger partial charge in [0.2, 0.25) is 0 Å². The van der Waals surface area contributed by atoms with E-state index in [9.17, 15) is 9.18 Å². The number of thioether (sulfide) groups is 1. The molecule has 0 radical (unpaired) electrons. The van der Waals surface area contributed by atoms with Crippen LogP contribution in [0, 0.1) is 5.82 Å². The standard InChI is InChI=1S/C24H23ClFN3OS2/c1-2-3-14-32-22-13-12-18(15-20(22)25)29-24(31)28-17-10-8-16(9-11-17)27-23(30)19-6-4-5-7-21(19)26/h4-13,15H,2-3,14H2,1H3,(H,27,30)(H2,28,29,31). The molecule has 0 spiro atoms. The van der Waals surface area contributed by atoms with E-state index in [0.717, 1.165) is 34.9 Å². The number of amides is 1. The normalized spacial score (nSPS) is 10.5. The van der Waals surface area contributed by atoms with Crippen LogP contribution in [0.3, 0.4) is 0 Å². The first kappa shape index (κ1) is 24.0. The third kappa shape index (κ3) is 6.95. The topological polar surface area (TPSA) is 53.2 Å². The van der Waals surface area contributed by atoms with Gasteiger partial charge in [0.15, 0.2) is 5.11 Å². The van der Waals surface area contributed by atoms with E-state index in [4.69, 9.17) is 23.8 Å². The number of carbonyl (C=O) groups is 1. The highest BCUT2D eigenvalue weighted by Gasteiger charge is 2.11. The number of halogens is 2. The average Bonchev–Trinajstić information content (AvgIpc) is 2.77. The summed E-state index contributed by atoms with van der Waals surface area (Å²) >= 11 is 13.5. The number of hydrogen-bond donors (Lipinski definition) is 3. The van der Waals surface area contributed by atoms with Crippen molar-refractivity contribution in [3.05, 3.63) is 83.1 Å². The molecule has 0 aliphatic rings. The lowest BCUT2D eigenvalue weighted by atomic mass is 10.2. The van der Waals surface area contributed by atoms with Gasteiger partial charge in [0.05, 0.1) is 10.6 Å². The summed E-state index contributed by atoms with van der Waals surface area (Å²) in [7, 11) is 0. The van der Waals surface area contributed by atoms with E-state index < -0.39 is 11.7 Å². The van der Waals surface area contributed by atoms with Gasteiger partial charge in [-0.3, -0.25) is 4.79 Å². The molecule has 0 atom stereocenters. The van der Waals surface area contributed by atoms with Crippen molar-refractivity contribution in [2.75, 3.05) is 21.7 Å². The van der Waals surface area contributed by atoms with Gasteiger partial charge in [-0.2, -0.15) is 0 Å². The molecule has 3 N–H and O–H groups in total. The van der Waals surface area contributed by atoms with E-state index in [1.54, 1.807) is 48.2 Å². The monoisotopic (exact) mass is 487 g/mol. The van der Waals surface area contributed by atoms with Gasteiger partial charge in [-0.15, -0.1) is 11.8 Å². The second kappa shape index (κ2) is 11.9. The number of nitrogens with one attached hydrogen (secondary N) is 3. The lowest BCUT2D eigenvalue weighted by molar-refractivity contribution is 0.102. The lowest BCUT2D eigenvalue weighted by Crippen LogP contribution is -2.19. The summed E-state index contributed by atoms with van der Waals surface area (Å²) < 4.78 is 13.7. The molecule has 8 heteroatoms. The van der Waals surface area contributed by atoms with Crippen LogP contribution in [0.5, 0.6) is 0 Å². The van der Waals surface area contributed by atoms with Crippen molar-refractivity contribution in [3.63, 3.8) is 0 Å². The summed E-state index contributed by atoms with van der Waals surface area (Å²) in [5, 5.41) is 9.98. The van der Waals surface area contributed by atoms with Crippen molar-refractivity contribution in [1.29, 1.82) is 0 Å². The van der Waals surface area contributed by atoms with Crippen LogP contribution in [0.15, 0.2) is 71.6 Å². The number of benzene rings is 3. The van der Waals surface area contributed by atoms with E-state index in [1.807, 2.05) is 18.2 Å². The molecule has 0 aliphatic carbocycles. The summed E-state index contributed by atoms with van der Waals surface area (Å²) in [6.45, 7) is 2.17. The minimum absolute atomic E-state index is 0.00600. The Morgan fingerprint density at radius 1 is 0.969 bits per heavy atom. The third-order valence-corrected chi connectivity index (χ3v) is 6.25. The predicted octanol–water partition coefficient (Wildman–Crippen LogP) is 7.43. The van der Waals surface area contributed by atoms with E-state index in [-0.39, 0.29) is 5.56 Å². The maximum Gasteiger partial charge on any atom is 0.258 e. The molecule has 0 heterocycles. The van der Waals surface area contributed by atoms with Gasteiger partial charge in [-0.1, -0.05) is 37.1 Å². The maximum absolute atomic E-state index is 13.7. The van der Waals surface area contributed by atoms with Gasteiger partial charge in [0, 0.05) is 22.0 Å². The fraction of sp³-hybridized carbons (Fsp3) is 0.167. The molecule has 166 valence electrons. The molecule has 32 heavy (non-hydrogen) atoms. The fourth-order valence-corrected chi connectivity index (χ4v) is 4.39. The molecule has 0 saturated carbocycles. The number of anilines is 3. The van der Waals surface area contributed by atoms with E-state index in [2.05, 4.69) is 22.9 Å². The Bertz CT molecular complexity index is 1090. The van der Waals surface area contributed by atoms with Crippen LogP contribution in [0.2, 0.25) is 5.02 Å². The summed E-state index contributed by atoms with van der Waals surface area (Å²) in [5.41, 5.74) is 2.07.